The van der Waals surface area contributed by atoms with Crippen LogP contribution in [0.5, 0.6) is 0 Å². The molecule has 2 N–H and O–H groups in total. The number of nitrogens with two attached hydrogens (primary N) is 1. The van der Waals surface area contributed by atoms with E-state index in [-0.39, 0.29) is 10.8 Å². The molecule has 0 heterocycles. The van der Waals surface area contributed by atoms with Crippen molar-refractivity contribution in [1.82, 2.24) is 0 Å². The Morgan fingerprint density at radius 3 is 1.80 bits per heavy atom. The molecule has 0 saturated carbocycles. The molecule has 0 aliphatic carbocycles. The van der Waals surface area contributed by atoms with Crippen LogP contribution in [0.15, 0.2) is 54.6 Å². The maximum atomic E-state index is 6.44. The monoisotopic (exact) mass is 331 g/mol. The van der Waals surface area contributed by atoms with Gasteiger partial charge in [-0.1, -0.05) is 90.1 Å². The molecule has 0 unspecified atom stereocenters. The zero-order chi connectivity index (χ0) is 18.4. The van der Waals surface area contributed by atoms with Crippen molar-refractivity contribution in [2.24, 2.45) is 0 Å². The van der Waals surface area contributed by atoms with Crippen molar-refractivity contribution >= 4 is 16.5 Å². The lowest BCUT2D eigenvalue weighted by Gasteiger charge is -2.27. The van der Waals surface area contributed by atoms with Crippen LogP contribution in [0.2, 0.25) is 0 Å². The van der Waals surface area contributed by atoms with Crippen molar-refractivity contribution in [3.63, 3.8) is 0 Å². The van der Waals surface area contributed by atoms with Gasteiger partial charge in [0.05, 0.1) is 0 Å². The van der Waals surface area contributed by atoms with E-state index in [4.69, 9.17) is 5.73 Å². The zero-order valence-corrected chi connectivity index (χ0v) is 16.3. The average molecular weight is 332 g/mol. The number of benzene rings is 3. The first-order chi connectivity index (χ1) is 11.6. The molecule has 1 nitrogen and oxygen atoms in total. The summed E-state index contributed by atoms with van der Waals surface area (Å²) in [6.07, 6.45) is 0. The molecule has 0 aliphatic rings. The van der Waals surface area contributed by atoms with Gasteiger partial charge in [-0.05, 0) is 44.4 Å². The summed E-state index contributed by atoms with van der Waals surface area (Å²) in [6, 6.07) is 19.6. The van der Waals surface area contributed by atoms with Gasteiger partial charge in [0.25, 0.3) is 0 Å². The first-order valence-electron chi connectivity index (χ1n) is 9.01. The van der Waals surface area contributed by atoms with Gasteiger partial charge in [0, 0.05) is 11.3 Å². The first-order valence-corrected chi connectivity index (χ1v) is 9.01. The maximum Gasteiger partial charge on any atom is 0.0400 e. The van der Waals surface area contributed by atoms with Crippen molar-refractivity contribution < 1.29 is 0 Å². The van der Waals surface area contributed by atoms with Crippen molar-refractivity contribution in [1.29, 1.82) is 0 Å². The highest BCUT2D eigenvalue weighted by atomic mass is 14.6. The predicted molar refractivity (Wildman–Crippen MR) is 111 cm³/mol. The van der Waals surface area contributed by atoms with E-state index in [1.54, 1.807) is 0 Å². The van der Waals surface area contributed by atoms with E-state index in [1.165, 1.54) is 27.5 Å². The van der Waals surface area contributed by atoms with Crippen LogP contribution in [0.1, 0.15) is 52.7 Å². The molecule has 3 rings (SSSR count). The van der Waals surface area contributed by atoms with E-state index in [1.807, 2.05) is 6.07 Å². The van der Waals surface area contributed by atoms with Crippen molar-refractivity contribution in [3.05, 3.63) is 65.7 Å². The molecule has 3 aromatic carbocycles. The van der Waals surface area contributed by atoms with Crippen LogP contribution in [0.4, 0.5) is 5.69 Å². The van der Waals surface area contributed by atoms with Gasteiger partial charge in [-0.25, -0.2) is 0 Å². The lowest BCUT2D eigenvalue weighted by atomic mass is 9.78. The normalized spacial score (nSPS) is 12.6. The average Bonchev–Trinajstić information content (AvgIpc) is 2.52. The van der Waals surface area contributed by atoms with Crippen LogP contribution in [-0.4, -0.2) is 0 Å². The molecule has 130 valence electrons. The van der Waals surface area contributed by atoms with Gasteiger partial charge >= 0.3 is 0 Å². The number of rotatable bonds is 1. The van der Waals surface area contributed by atoms with Gasteiger partial charge < -0.3 is 5.73 Å². The fraction of sp³-hybridized carbons (Fsp3) is 0.333. The summed E-state index contributed by atoms with van der Waals surface area (Å²) in [5.41, 5.74) is 12.5. The summed E-state index contributed by atoms with van der Waals surface area (Å²) in [7, 11) is 0. The molecule has 0 fully saturated rings. The number of hydrogen-bond donors (Lipinski definition) is 1. The molecule has 0 aromatic heterocycles. The van der Waals surface area contributed by atoms with E-state index >= 15 is 0 Å². The van der Waals surface area contributed by atoms with Crippen LogP contribution in [0, 0.1) is 0 Å². The number of anilines is 1. The Morgan fingerprint density at radius 2 is 1.24 bits per heavy atom. The molecule has 3 aromatic rings. The second-order valence-electron chi connectivity index (χ2n) is 9.05. The molecule has 0 aliphatic heterocycles. The summed E-state index contributed by atoms with van der Waals surface area (Å²) in [5, 5.41) is 2.44. The second kappa shape index (κ2) is 5.91. The van der Waals surface area contributed by atoms with E-state index < -0.39 is 0 Å². The lowest BCUT2D eigenvalue weighted by Crippen LogP contribution is -2.16. The maximum absolute atomic E-state index is 6.44. The van der Waals surface area contributed by atoms with Crippen LogP contribution in [0.3, 0.4) is 0 Å². The minimum absolute atomic E-state index is 0.0926. The fourth-order valence-electron chi connectivity index (χ4n) is 3.25. The topological polar surface area (TPSA) is 26.0 Å². The smallest absolute Gasteiger partial charge is 0.0400 e. The molecule has 1 heteroatoms. The summed E-state index contributed by atoms with van der Waals surface area (Å²) in [5.74, 6) is 0. The van der Waals surface area contributed by atoms with Crippen LogP contribution >= 0.6 is 0 Å². The third kappa shape index (κ3) is 3.42. The zero-order valence-electron chi connectivity index (χ0n) is 16.3. The standard InChI is InChI=1S/C24H29N/c1-23(2,3)18-13-17(14-19(15-18)24(4,5)6)22-20-10-8-7-9-16(20)11-12-21(22)25/h7-15H,25H2,1-6H3. The quantitative estimate of drug-likeness (QED) is 0.494. The first kappa shape index (κ1) is 17.5. The lowest BCUT2D eigenvalue weighted by molar-refractivity contribution is 0.569. The molecule has 0 radical (unpaired) electrons. The molecule has 0 amide bonds. The predicted octanol–water partition coefficient (Wildman–Crippen LogP) is 6.68. The summed E-state index contributed by atoms with van der Waals surface area (Å²) in [4.78, 5) is 0. The minimum atomic E-state index is 0.0926. The highest BCUT2D eigenvalue weighted by Crippen LogP contribution is 2.39. The van der Waals surface area contributed by atoms with E-state index in [2.05, 4.69) is 90.1 Å². The molecule has 25 heavy (non-hydrogen) atoms. The van der Waals surface area contributed by atoms with Crippen LogP contribution in [0.25, 0.3) is 21.9 Å². The van der Waals surface area contributed by atoms with Crippen molar-refractivity contribution in [2.75, 3.05) is 5.73 Å². The third-order valence-corrected chi connectivity index (χ3v) is 4.91. The van der Waals surface area contributed by atoms with Crippen LogP contribution in [-0.2, 0) is 10.8 Å². The van der Waals surface area contributed by atoms with E-state index in [9.17, 15) is 0 Å². The van der Waals surface area contributed by atoms with Gasteiger partial charge in [-0.3, -0.25) is 0 Å². The van der Waals surface area contributed by atoms with E-state index in [0.717, 1.165) is 11.3 Å². The number of fused-ring (bicyclic) bond motifs is 1. The minimum Gasteiger partial charge on any atom is -0.398 e. The van der Waals surface area contributed by atoms with Crippen molar-refractivity contribution in [3.8, 4) is 11.1 Å². The Morgan fingerprint density at radius 1 is 0.680 bits per heavy atom. The van der Waals surface area contributed by atoms with Gasteiger partial charge in [0.2, 0.25) is 0 Å². The fourth-order valence-corrected chi connectivity index (χ4v) is 3.25. The molecular weight excluding hydrogens is 302 g/mol. The Kier molecular flexibility index (Phi) is 4.15. The van der Waals surface area contributed by atoms with Gasteiger partial charge in [-0.15, -0.1) is 0 Å². The molecule has 0 spiro atoms. The Bertz CT molecular complexity index is 889. The van der Waals surface area contributed by atoms with Gasteiger partial charge in [-0.2, -0.15) is 0 Å². The van der Waals surface area contributed by atoms with Crippen molar-refractivity contribution in [2.45, 2.75) is 52.4 Å². The SMILES string of the molecule is CC(C)(C)c1cc(-c2c(N)ccc3ccccc23)cc(C(C)(C)C)c1. The highest BCUT2D eigenvalue weighted by molar-refractivity contribution is 6.02. The summed E-state index contributed by atoms with van der Waals surface area (Å²) < 4.78 is 0. The third-order valence-electron chi connectivity index (χ3n) is 4.91. The Balaban J connectivity index is 2.36. The molecular formula is C24H29N. The number of hydrogen-bond acceptors (Lipinski definition) is 1. The Hall–Kier alpha value is -2.28. The largest absolute Gasteiger partial charge is 0.398 e. The second-order valence-corrected chi connectivity index (χ2v) is 9.05. The molecule has 0 saturated heterocycles. The van der Waals surface area contributed by atoms with Crippen LogP contribution < -0.4 is 5.73 Å². The van der Waals surface area contributed by atoms with E-state index in [0.29, 0.717) is 0 Å². The number of nitrogen functional groups attached to an aromatic ring is 1. The molecule has 0 bridgehead atoms. The summed E-state index contributed by atoms with van der Waals surface area (Å²) in [6.45, 7) is 13.6. The summed E-state index contributed by atoms with van der Waals surface area (Å²) >= 11 is 0. The van der Waals surface area contributed by atoms with Gasteiger partial charge in [0.1, 0.15) is 0 Å². The Labute approximate surface area is 151 Å². The highest BCUT2D eigenvalue weighted by Gasteiger charge is 2.22. The molecule has 0 atom stereocenters. The van der Waals surface area contributed by atoms with Gasteiger partial charge in [0.15, 0.2) is 0 Å².